The summed E-state index contributed by atoms with van der Waals surface area (Å²) in [5.41, 5.74) is 1.42. The highest BCUT2D eigenvalue weighted by molar-refractivity contribution is 5.94. The largest absolute Gasteiger partial charge is 0.481 e. The normalized spacial score (nSPS) is 9.47. The van der Waals surface area contributed by atoms with E-state index in [-0.39, 0.29) is 5.91 Å². The Hall–Kier alpha value is -1.84. The Morgan fingerprint density at radius 3 is 2.80 bits per heavy atom. The number of pyridine rings is 1. The topological polar surface area (TPSA) is 51.2 Å². The summed E-state index contributed by atoms with van der Waals surface area (Å²) in [5, 5.41) is 2.72. The molecule has 1 N–H and O–H groups in total. The molecule has 0 atom stereocenters. The smallest absolute Gasteiger partial charge is 0.253 e. The van der Waals surface area contributed by atoms with Gasteiger partial charge in [-0.2, -0.15) is 0 Å². The zero-order valence-corrected chi connectivity index (χ0v) is 8.91. The number of hydrogen-bond acceptors (Lipinski definition) is 3. The molecular formula is C11H14N2O2. The molecule has 1 amide bonds. The number of amides is 1. The zero-order chi connectivity index (χ0) is 11.3. The summed E-state index contributed by atoms with van der Waals surface area (Å²) in [6, 6.07) is 3.31. The minimum absolute atomic E-state index is 0.159. The van der Waals surface area contributed by atoms with Gasteiger partial charge in [0.15, 0.2) is 0 Å². The molecule has 1 aromatic rings. The van der Waals surface area contributed by atoms with Crippen molar-refractivity contribution in [3.8, 4) is 5.88 Å². The van der Waals surface area contributed by atoms with E-state index in [0.717, 1.165) is 5.57 Å². The lowest BCUT2D eigenvalue weighted by molar-refractivity contribution is 0.0956. The first kappa shape index (κ1) is 11.2. The van der Waals surface area contributed by atoms with Gasteiger partial charge in [0, 0.05) is 18.8 Å². The molecule has 0 radical (unpaired) electrons. The number of nitrogens with one attached hydrogen (secondary N) is 1. The molecule has 15 heavy (non-hydrogen) atoms. The third-order valence-corrected chi connectivity index (χ3v) is 1.76. The van der Waals surface area contributed by atoms with Crippen LogP contribution in [0.3, 0.4) is 0 Å². The second kappa shape index (κ2) is 5.14. The van der Waals surface area contributed by atoms with E-state index in [0.29, 0.717) is 18.0 Å². The van der Waals surface area contributed by atoms with E-state index in [1.807, 2.05) is 6.92 Å². The molecule has 0 fully saturated rings. The van der Waals surface area contributed by atoms with Crippen LogP contribution in [-0.4, -0.2) is 24.5 Å². The monoisotopic (exact) mass is 206 g/mol. The van der Waals surface area contributed by atoms with Gasteiger partial charge in [-0.1, -0.05) is 12.2 Å². The van der Waals surface area contributed by atoms with Crippen molar-refractivity contribution in [1.82, 2.24) is 10.3 Å². The maximum Gasteiger partial charge on any atom is 0.253 e. The van der Waals surface area contributed by atoms with Crippen molar-refractivity contribution in [3.05, 3.63) is 36.0 Å². The lowest BCUT2D eigenvalue weighted by atomic mass is 10.2. The first-order chi connectivity index (χ1) is 7.13. The van der Waals surface area contributed by atoms with E-state index < -0.39 is 0 Å². The van der Waals surface area contributed by atoms with Gasteiger partial charge in [0.25, 0.3) is 5.91 Å². The molecule has 0 saturated heterocycles. The van der Waals surface area contributed by atoms with Gasteiger partial charge >= 0.3 is 0 Å². The molecule has 0 bridgehead atoms. The van der Waals surface area contributed by atoms with Crippen molar-refractivity contribution in [2.45, 2.75) is 6.92 Å². The molecule has 0 saturated carbocycles. The van der Waals surface area contributed by atoms with Crippen molar-refractivity contribution >= 4 is 5.91 Å². The Kier molecular flexibility index (Phi) is 3.85. The molecule has 0 aromatic carbocycles. The second-order valence-corrected chi connectivity index (χ2v) is 3.23. The van der Waals surface area contributed by atoms with E-state index in [1.54, 1.807) is 12.1 Å². The third-order valence-electron chi connectivity index (χ3n) is 1.76. The van der Waals surface area contributed by atoms with Crippen molar-refractivity contribution in [1.29, 1.82) is 0 Å². The van der Waals surface area contributed by atoms with E-state index in [2.05, 4.69) is 16.9 Å². The number of nitrogens with zero attached hydrogens (tertiary/aromatic N) is 1. The Morgan fingerprint density at radius 1 is 1.60 bits per heavy atom. The molecule has 80 valence electrons. The van der Waals surface area contributed by atoms with Gasteiger partial charge in [-0.15, -0.1) is 0 Å². The summed E-state index contributed by atoms with van der Waals surface area (Å²) in [6.45, 7) is 6.03. The number of hydrogen-bond donors (Lipinski definition) is 1. The highest BCUT2D eigenvalue weighted by Crippen LogP contribution is 2.06. The van der Waals surface area contributed by atoms with E-state index >= 15 is 0 Å². The fourth-order valence-electron chi connectivity index (χ4n) is 0.969. The molecule has 0 spiro atoms. The molecule has 0 unspecified atom stereocenters. The number of methoxy groups -OCH3 is 1. The SMILES string of the molecule is C=C(C)CNC(=O)c1ccc(OC)nc1. The minimum atomic E-state index is -0.159. The Labute approximate surface area is 89.0 Å². The van der Waals surface area contributed by atoms with Gasteiger partial charge in [-0.25, -0.2) is 4.98 Å². The van der Waals surface area contributed by atoms with Gasteiger partial charge in [-0.3, -0.25) is 4.79 Å². The molecular weight excluding hydrogens is 192 g/mol. The average Bonchev–Trinajstić information content (AvgIpc) is 2.26. The molecule has 1 aromatic heterocycles. The molecule has 0 aliphatic rings. The maximum atomic E-state index is 11.5. The van der Waals surface area contributed by atoms with Crippen LogP contribution in [0.15, 0.2) is 30.5 Å². The number of ether oxygens (including phenoxy) is 1. The van der Waals surface area contributed by atoms with E-state index in [9.17, 15) is 4.79 Å². The van der Waals surface area contributed by atoms with Crippen LogP contribution in [0.25, 0.3) is 0 Å². The summed E-state index contributed by atoms with van der Waals surface area (Å²) in [5.74, 6) is 0.333. The van der Waals surface area contributed by atoms with Crippen LogP contribution in [0.1, 0.15) is 17.3 Å². The minimum Gasteiger partial charge on any atom is -0.481 e. The van der Waals surface area contributed by atoms with Crippen molar-refractivity contribution in [2.75, 3.05) is 13.7 Å². The van der Waals surface area contributed by atoms with Crippen LogP contribution >= 0.6 is 0 Å². The summed E-state index contributed by atoms with van der Waals surface area (Å²) in [4.78, 5) is 15.5. The lowest BCUT2D eigenvalue weighted by Gasteiger charge is -2.04. The fraction of sp³-hybridized carbons (Fsp3) is 0.273. The standard InChI is InChI=1S/C11H14N2O2/c1-8(2)6-13-11(14)9-4-5-10(15-3)12-7-9/h4-5,7H,1,6H2,2-3H3,(H,13,14). The predicted octanol–water partition coefficient (Wildman–Crippen LogP) is 1.40. The maximum absolute atomic E-state index is 11.5. The quantitative estimate of drug-likeness (QED) is 0.757. The predicted molar refractivity (Wildman–Crippen MR) is 57.9 cm³/mol. The van der Waals surface area contributed by atoms with E-state index in [1.165, 1.54) is 13.3 Å². The van der Waals surface area contributed by atoms with Crippen LogP contribution in [0.4, 0.5) is 0 Å². The van der Waals surface area contributed by atoms with Gasteiger partial charge < -0.3 is 10.1 Å². The average molecular weight is 206 g/mol. The fourth-order valence-corrected chi connectivity index (χ4v) is 0.969. The summed E-state index contributed by atoms with van der Waals surface area (Å²) in [7, 11) is 1.53. The lowest BCUT2D eigenvalue weighted by Crippen LogP contribution is -2.24. The van der Waals surface area contributed by atoms with Crippen LogP contribution in [0.5, 0.6) is 5.88 Å². The van der Waals surface area contributed by atoms with Crippen LogP contribution in [0.2, 0.25) is 0 Å². The van der Waals surface area contributed by atoms with Crippen molar-refractivity contribution in [3.63, 3.8) is 0 Å². The van der Waals surface area contributed by atoms with Gasteiger partial charge in [-0.05, 0) is 13.0 Å². The van der Waals surface area contributed by atoms with Crippen LogP contribution in [0, 0.1) is 0 Å². The highest BCUT2D eigenvalue weighted by atomic mass is 16.5. The highest BCUT2D eigenvalue weighted by Gasteiger charge is 2.05. The molecule has 4 nitrogen and oxygen atoms in total. The Balaban J connectivity index is 2.62. The van der Waals surface area contributed by atoms with Crippen LogP contribution in [-0.2, 0) is 0 Å². The first-order valence-electron chi connectivity index (χ1n) is 4.56. The Morgan fingerprint density at radius 2 is 2.33 bits per heavy atom. The number of aromatic nitrogens is 1. The van der Waals surface area contributed by atoms with Crippen molar-refractivity contribution < 1.29 is 9.53 Å². The molecule has 4 heteroatoms. The number of rotatable bonds is 4. The Bertz CT molecular complexity index is 357. The zero-order valence-electron chi connectivity index (χ0n) is 8.91. The number of carbonyl (C=O) groups excluding carboxylic acids is 1. The second-order valence-electron chi connectivity index (χ2n) is 3.23. The summed E-state index contributed by atoms with van der Waals surface area (Å²) >= 11 is 0. The summed E-state index contributed by atoms with van der Waals surface area (Å²) < 4.78 is 4.89. The van der Waals surface area contributed by atoms with Gasteiger partial charge in [0.2, 0.25) is 5.88 Å². The van der Waals surface area contributed by atoms with Crippen LogP contribution < -0.4 is 10.1 Å². The van der Waals surface area contributed by atoms with E-state index in [4.69, 9.17) is 4.74 Å². The summed E-state index contributed by atoms with van der Waals surface area (Å²) in [6.07, 6.45) is 1.48. The first-order valence-corrected chi connectivity index (χ1v) is 4.56. The molecule has 1 rings (SSSR count). The third kappa shape index (κ3) is 3.42. The molecule has 0 aliphatic heterocycles. The molecule has 0 aliphatic carbocycles. The molecule has 1 heterocycles. The van der Waals surface area contributed by atoms with Gasteiger partial charge in [0.1, 0.15) is 0 Å². The number of carbonyl (C=O) groups is 1. The van der Waals surface area contributed by atoms with Gasteiger partial charge in [0.05, 0.1) is 12.7 Å². The van der Waals surface area contributed by atoms with Crippen molar-refractivity contribution in [2.24, 2.45) is 0 Å².